The van der Waals surface area contributed by atoms with Crippen molar-refractivity contribution in [3.8, 4) is 0 Å². The minimum Gasteiger partial charge on any atom is -0.726 e. The summed E-state index contributed by atoms with van der Waals surface area (Å²) in [4.78, 5) is 0. The van der Waals surface area contributed by atoms with Gasteiger partial charge in [-0.15, -0.1) is 13.2 Å². The van der Waals surface area contributed by atoms with Crippen LogP contribution in [-0.2, 0) is 15.1 Å². The van der Waals surface area contributed by atoms with Gasteiger partial charge in [0.2, 0.25) is 10.4 Å². The number of hydrogen-bond donors (Lipinski definition) is 1. The van der Waals surface area contributed by atoms with Gasteiger partial charge in [-0.3, -0.25) is 4.55 Å². The van der Waals surface area contributed by atoms with Gasteiger partial charge in [0, 0.05) is 0 Å². The summed E-state index contributed by atoms with van der Waals surface area (Å²) in [5.41, 5.74) is 0. The molecular weight excluding hydrogens is 207 g/mol. The van der Waals surface area contributed by atoms with Crippen LogP contribution in [0.4, 0.5) is 0 Å². The van der Waals surface area contributed by atoms with Gasteiger partial charge in [-0.05, 0) is 0 Å². The van der Waals surface area contributed by atoms with Crippen molar-refractivity contribution in [2.45, 2.75) is 0 Å². The van der Waals surface area contributed by atoms with E-state index in [0.29, 0.717) is 13.2 Å². The molecule has 0 aromatic carbocycles. The molecule has 0 spiro atoms. The third-order valence-electron chi connectivity index (χ3n) is 0.471. The molecule has 5 nitrogen and oxygen atoms in total. The maximum Gasteiger partial charge on any atom is 1.00 e. The van der Waals surface area contributed by atoms with Gasteiger partial charge < -0.3 is 9.29 Å². The molecule has 0 rings (SSSR count). The summed E-state index contributed by atoms with van der Waals surface area (Å²) in [7, 11) is -4.92. The quantitative estimate of drug-likeness (QED) is 0.183. The van der Waals surface area contributed by atoms with Gasteiger partial charge in [0.1, 0.15) is 0 Å². The second-order valence-corrected chi connectivity index (χ2v) is 2.40. The van der Waals surface area contributed by atoms with Gasteiger partial charge in [-0.1, -0.05) is 12.2 Å². The van der Waals surface area contributed by atoms with Crippen molar-refractivity contribution in [2.24, 2.45) is 0 Å². The Bertz CT molecular complexity index is 195. The molecule has 0 aromatic rings. The molecule has 13 heavy (non-hydrogen) atoms. The zero-order chi connectivity index (χ0) is 10.0. The summed E-state index contributed by atoms with van der Waals surface area (Å²) in [5.74, 6) is 0. The normalized spacial score (nSPS) is 8.77. The smallest absolute Gasteiger partial charge is 0.726 e. The zero-order valence-electron chi connectivity index (χ0n) is 7.47. The van der Waals surface area contributed by atoms with Crippen LogP contribution in [0.1, 0.15) is 0 Å². The van der Waals surface area contributed by atoms with Gasteiger partial charge >= 0.3 is 29.6 Å². The van der Waals surface area contributed by atoms with E-state index in [0.717, 1.165) is 0 Å². The number of rotatable bonds is 4. The van der Waals surface area contributed by atoms with Crippen LogP contribution in [0.5, 0.6) is 0 Å². The molecule has 0 bridgehead atoms. The van der Waals surface area contributed by atoms with Crippen LogP contribution in [0.2, 0.25) is 0 Å². The molecule has 0 aromatic heterocycles. The van der Waals surface area contributed by atoms with Gasteiger partial charge in [0.25, 0.3) is 0 Å². The fraction of sp³-hybridized carbons (Fsp3) is 0.333. The van der Waals surface area contributed by atoms with Crippen LogP contribution < -0.4 is 29.6 Å². The minimum absolute atomic E-state index is 0. The van der Waals surface area contributed by atoms with Crippen LogP contribution >= 0.6 is 0 Å². The third-order valence-corrected chi connectivity index (χ3v) is 0.471. The molecular formula is C6H11NaO5S. The maximum atomic E-state index is 8.63. The van der Waals surface area contributed by atoms with Crippen LogP contribution in [0.15, 0.2) is 25.3 Å². The second-order valence-electron chi connectivity index (χ2n) is 1.54. The molecule has 0 aliphatic rings. The minimum atomic E-state index is -4.92. The second kappa shape index (κ2) is 12.3. The van der Waals surface area contributed by atoms with E-state index < -0.39 is 10.4 Å². The summed E-state index contributed by atoms with van der Waals surface area (Å²) >= 11 is 0. The molecule has 0 aliphatic carbocycles. The van der Waals surface area contributed by atoms with Crippen LogP contribution in [0, 0.1) is 0 Å². The molecule has 0 atom stereocenters. The monoisotopic (exact) mass is 218 g/mol. The van der Waals surface area contributed by atoms with Crippen molar-refractivity contribution in [2.75, 3.05) is 13.2 Å². The molecule has 0 heterocycles. The Labute approximate surface area is 100 Å². The molecule has 72 valence electrons. The van der Waals surface area contributed by atoms with E-state index in [1.807, 2.05) is 0 Å². The van der Waals surface area contributed by atoms with E-state index >= 15 is 0 Å². The first-order valence-corrected chi connectivity index (χ1v) is 4.26. The molecule has 0 fully saturated rings. The molecule has 0 saturated carbocycles. The third kappa shape index (κ3) is 70.4. The van der Waals surface area contributed by atoms with Crippen molar-refractivity contribution in [3.05, 3.63) is 25.3 Å². The van der Waals surface area contributed by atoms with Crippen molar-refractivity contribution in [1.29, 1.82) is 0 Å². The fourth-order valence-electron chi connectivity index (χ4n) is 0.235. The Kier molecular flexibility index (Phi) is 18.0. The van der Waals surface area contributed by atoms with E-state index in [9.17, 15) is 0 Å². The predicted octanol–water partition coefficient (Wildman–Crippen LogP) is -2.62. The van der Waals surface area contributed by atoms with Crippen LogP contribution in [0.3, 0.4) is 0 Å². The van der Waals surface area contributed by atoms with Gasteiger partial charge in [0.05, 0.1) is 13.2 Å². The Hall–Kier alpha value is 0.310. The SMILES string of the molecule is C=CCOCC=C.O=S(=O)([O-])O.[Na+]. The predicted molar refractivity (Wildman–Crippen MR) is 43.5 cm³/mol. The van der Waals surface area contributed by atoms with Crippen molar-refractivity contribution in [1.82, 2.24) is 0 Å². The van der Waals surface area contributed by atoms with Crippen LogP contribution in [-0.4, -0.2) is 30.7 Å². The van der Waals surface area contributed by atoms with E-state index in [1.54, 1.807) is 12.2 Å². The van der Waals surface area contributed by atoms with E-state index in [1.165, 1.54) is 0 Å². The average molecular weight is 218 g/mol. The first-order chi connectivity index (χ1) is 5.41. The van der Waals surface area contributed by atoms with Gasteiger partial charge in [0.15, 0.2) is 0 Å². The molecule has 1 N–H and O–H groups in total. The molecule has 0 aliphatic heterocycles. The van der Waals surface area contributed by atoms with E-state index in [-0.39, 0.29) is 29.6 Å². The van der Waals surface area contributed by atoms with Crippen molar-refractivity contribution >= 4 is 10.4 Å². The Morgan fingerprint density at radius 3 is 1.69 bits per heavy atom. The zero-order valence-corrected chi connectivity index (χ0v) is 10.3. The van der Waals surface area contributed by atoms with Crippen LogP contribution in [0.25, 0.3) is 0 Å². The Morgan fingerprint density at radius 2 is 1.54 bits per heavy atom. The summed E-state index contributed by atoms with van der Waals surface area (Å²) < 4.78 is 37.7. The fourth-order valence-corrected chi connectivity index (χ4v) is 0.235. The molecule has 0 amide bonds. The van der Waals surface area contributed by atoms with Crippen molar-refractivity contribution in [3.63, 3.8) is 0 Å². The van der Waals surface area contributed by atoms with E-state index in [2.05, 4.69) is 13.2 Å². The number of hydrogen-bond acceptors (Lipinski definition) is 4. The topological polar surface area (TPSA) is 86.7 Å². The first-order valence-electron chi connectivity index (χ1n) is 2.89. The first kappa shape index (κ1) is 19.0. The number of ether oxygens (including phenoxy) is 1. The van der Waals surface area contributed by atoms with E-state index in [4.69, 9.17) is 22.3 Å². The largest absolute Gasteiger partial charge is 1.00 e. The summed E-state index contributed by atoms with van der Waals surface area (Å²) in [6.45, 7) is 8.18. The molecule has 0 unspecified atom stereocenters. The average Bonchev–Trinajstić information content (AvgIpc) is 1.85. The summed E-state index contributed by atoms with van der Waals surface area (Å²) in [6, 6.07) is 0. The standard InChI is InChI=1S/C6H10O.Na.H2O4S/c1-3-5-7-6-4-2;;1-5(2,3)4/h3-4H,1-2,5-6H2;;(H2,1,2,3,4)/q;+1;/p-1. The maximum absolute atomic E-state index is 8.63. The summed E-state index contributed by atoms with van der Waals surface area (Å²) in [6.07, 6.45) is 3.42. The van der Waals surface area contributed by atoms with Crippen molar-refractivity contribution < 1.29 is 51.8 Å². The molecule has 0 saturated heterocycles. The molecule has 0 radical (unpaired) electrons. The summed E-state index contributed by atoms with van der Waals surface area (Å²) in [5, 5.41) is 0. The Morgan fingerprint density at radius 1 is 1.31 bits per heavy atom. The van der Waals surface area contributed by atoms with Gasteiger partial charge in [-0.2, -0.15) is 0 Å². The van der Waals surface area contributed by atoms with Gasteiger partial charge in [-0.25, -0.2) is 8.42 Å². The molecule has 7 heteroatoms. The Balaban J connectivity index is -0.000000150.